The number of hydrogen-bond acceptors (Lipinski definition) is 2. The zero-order valence-electron chi connectivity index (χ0n) is 12.2. The van der Waals surface area contributed by atoms with Crippen molar-refractivity contribution in [3.05, 3.63) is 0 Å². The smallest absolute Gasteiger partial charge is 0.228 e. The van der Waals surface area contributed by atoms with Gasteiger partial charge in [-0.2, -0.15) is 0 Å². The third-order valence-corrected chi connectivity index (χ3v) is 6.28. The Hall–Kier alpha value is -0.570. The minimum atomic E-state index is -0.0247. The van der Waals surface area contributed by atoms with Crippen LogP contribution in [0.1, 0.15) is 52.4 Å². The van der Waals surface area contributed by atoms with E-state index in [4.69, 9.17) is 5.73 Å². The molecule has 0 aromatic heterocycles. The maximum Gasteiger partial charge on any atom is 0.228 e. The summed E-state index contributed by atoms with van der Waals surface area (Å²) in [5.74, 6) is 1.24. The van der Waals surface area contributed by atoms with Gasteiger partial charge >= 0.3 is 0 Å². The number of hydrogen-bond donors (Lipinski definition) is 1. The van der Waals surface area contributed by atoms with E-state index in [0.717, 1.165) is 38.3 Å². The number of carbonyl (C=O) groups excluding carboxylic acids is 1. The molecule has 0 aromatic carbocycles. The maximum atomic E-state index is 13.0. The average molecular weight is 262 g/mol. The van der Waals surface area contributed by atoms with Crippen molar-refractivity contribution in [2.75, 3.05) is 13.1 Å². The van der Waals surface area contributed by atoms with Crippen LogP contribution >= 0.6 is 0 Å². The molecule has 1 amide bonds. The summed E-state index contributed by atoms with van der Waals surface area (Å²) in [5, 5.41) is 0. The quantitative estimate of drug-likeness (QED) is 0.787. The number of nitrogens with two attached hydrogens (primary N) is 1. The predicted octanol–water partition coefficient (Wildman–Crippen LogP) is 2.15. The standard InChI is InChI=1S/C16H26N2O/c1-14-3-11-4-15(2,8-14)10-16(5-11,9-14)13(19)18-6-12(17)7-18/h11-12H,3-10,17H2,1-2H3. The molecule has 0 aromatic rings. The van der Waals surface area contributed by atoms with Gasteiger partial charge in [0.15, 0.2) is 0 Å². The molecule has 106 valence electrons. The van der Waals surface area contributed by atoms with Crippen LogP contribution < -0.4 is 5.73 Å². The Morgan fingerprint density at radius 3 is 2.11 bits per heavy atom. The number of rotatable bonds is 1. The summed E-state index contributed by atoms with van der Waals surface area (Å²) in [4.78, 5) is 15.0. The summed E-state index contributed by atoms with van der Waals surface area (Å²) in [6.07, 6.45) is 7.48. The Balaban J connectivity index is 1.65. The van der Waals surface area contributed by atoms with Crippen molar-refractivity contribution in [2.24, 2.45) is 27.9 Å². The second-order valence-corrected chi connectivity index (χ2v) is 8.88. The highest BCUT2D eigenvalue weighted by Gasteiger charge is 2.63. The van der Waals surface area contributed by atoms with E-state index in [-0.39, 0.29) is 11.5 Å². The molecule has 4 saturated carbocycles. The lowest BCUT2D eigenvalue weighted by Gasteiger charge is -2.65. The van der Waals surface area contributed by atoms with Crippen LogP contribution in [0.15, 0.2) is 0 Å². The van der Waals surface area contributed by atoms with Gasteiger partial charge in [-0.1, -0.05) is 13.8 Å². The van der Waals surface area contributed by atoms with Crippen molar-refractivity contribution in [1.82, 2.24) is 4.90 Å². The monoisotopic (exact) mass is 262 g/mol. The highest BCUT2D eigenvalue weighted by atomic mass is 16.2. The molecule has 3 heteroatoms. The topological polar surface area (TPSA) is 46.3 Å². The van der Waals surface area contributed by atoms with E-state index < -0.39 is 0 Å². The van der Waals surface area contributed by atoms with E-state index in [9.17, 15) is 4.79 Å². The normalized spacial score (nSPS) is 52.4. The van der Waals surface area contributed by atoms with Crippen molar-refractivity contribution in [2.45, 2.75) is 58.4 Å². The minimum absolute atomic E-state index is 0.0247. The third-order valence-electron chi connectivity index (χ3n) is 6.28. The van der Waals surface area contributed by atoms with Crippen LogP contribution in [0.4, 0.5) is 0 Å². The highest BCUT2D eigenvalue weighted by Crippen LogP contribution is 2.69. The second-order valence-electron chi connectivity index (χ2n) is 8.88. The number of nitrogens with zero attached hydrogens (tertiary/aromatic N) is 1. The van der Waals surface area contributed by atoms with Gasteiger partial charge in [-0.25, -0.2) is 0 Å². The fraction of sp³-hybridized carbons (Fsp3) is 0.938. The largest absolute Gasteiger partial charge is 0.339 e. The lowest BCUT2D eigenvalue weighted by Crippen LogP contribution is -2.65. The van der Waals surface area contributed by atoms with E-state index >= 15 is 0 Å². The van der Waals surface area contributed by atoms with E-state index in [0.29, 0.717) is 16.7 Å². The molecule has 4 aliphatic carbocycles. The van der Waals surface area contributed by atoms with Gasteiger partial charge in [0.25, 0.3) is 0 Å². The number of amides is 1. The molecular formula is C16H26N2O. The van der Waals surface area contributed by atoms with Crippen LogP contribution in [0, 0.1) is 22.2 Å². The molecule has 1 saturated heterocycles. The summed E-state index contributed by atoms with van der Waals surface area (Å²) in [7, 11) is 0. The van der Waals surface area contributed by atoms with Gasteiger partial charge in [0.05, 0.1) is 5.41 Å². The first-order chi connectivity index (χ1) is 8.82. The lowest BCUT2D eigenvalue weighted by atomic mass is 9.40. The van der Waals surface area contributed by atoms with Crippen LogP contribution in [-0.2, 0) is 4.79 Å². The SMILES string of the molecule is CC12CC3CC(C)(C1)CC(C(=O)N1CC(N)C1)(C3)C2. The van der Waals surface area contributed by atoms with E-state index in [2.05, 4.69) is 13.8 Å². The molecule has 5 fully saturated rings. The van der Waals surface area contributed by atoms with Gasteiger partial charge in [-0.05, 0) is 55.3 Å². The summed E-state index contributed by atoms with van der Waals surface area (Å²) >= 11 is 0. The predicted molar refractivity (Wildman–Crippen MR) is 74.4 cm³/mol. The molecular weight excluding hydrogens is 236 g/mol. The summed E-state index contributed by atoms with van der Waals surface area (Å²) in [6.45, 7) is 6.44. The first kappa shape index (κ1) is 12.2. The Kier molecular flexibility index (Phi) is 2.16. The Morgan fingerprint density at radius 2 is 1.63 bits per heavy atom. The fourth-order valence-electron chi connectivity index (χ4n) is 6.70. The van der Waals surface area contributed by atoms with Gasteiger partial charge < -0.3 is 10.6 Å². The van der Waals surface area contributed by atoms with Crippen LogP contribution in [-0.4, -0.2) is 29.9 Å². The fourth-order valence-corrected chi connectivity index (χ4v) is 6.70. The molecule has 2 atom stereocenters. The van der Waals surface area contributed by atoms with Crippen LogP contribution in [0.5, 0.6) is 0 Å². The first-order valence-electron chi connectivity index (χ1n) is 7.87. The Bertz CT molecular complexity index is 422. The molecule has 3 nitrogen and oxygen atoms in total. The molecule has 1 aliphatic heterocycles. The van der Waals surface area contributed by atoms with Gasteiger partial charge in [0.2, 0.25) is 5.91 Å². The van der Waals surface area contributed by atoms with Crippen molar-refractivity contribution >= 4 is 5.91 Å². The molecule has 5 aliphatic rings. The van der Waals surface area contributed by atoms with Crippen LogP contribution in [0.25, 0.3) is 0 Å². The van der Waals surface area contributed by atoms with Crippen molar-refractivity contribution < 1.29 is 4.79 Å². The summed E-state index contributed by atoms with van der Waals surface area (Å²) in [6, 6.07) is 0.226. The Morgan fingerprint density at radius 1 is 1.05 bits per heavy atom. The van der Waals surface area contributed by atoms with Crippen molar-refractivity contribution in [3.63, 3.8) is 0 Å². The highest BCUT2D eigenvalue weighted by molar-refractivity contribution is 5.84. The Labute approximate surface area is 115 Å². The molecule has 2 unspecified atom stereocenters. The molecule has 0 spiro atoms. The first-order valence-corrected chi connectivity index (χ1v) is 7.87. The average Bonchev–Trinajstić information content (AvgIpc) is 2.18. The molecule has 19 heavy (non-hydrogen) atoms. The number of likely N-dealkylation sites (tertiary alicyclic amines) is 1. The van der Waals surface area contributed by atoms with E-state index in [1.54, 1.807) is 0 Å². The molecule has 0 radical (unpaired) electrons. The summed E-state index contributed by atoms with van der Waals surface area (Å²) in [5.41, 5.74) is 6.69. The van der Waals surface area contributed by atoms with E-state index in [1.807, 2.05) is 4.90 Å². The molecule has 1 heterocycles. The van der Waals surface area contributed by atoms with Gasteiger partial charge in [-0.15, -0.1) is 0 Å². The third kappa shape index (κ3) is 1.63. The van der Waals surface area contributed by atoms with Gasteiger partial charge in [0, 0.05) is 19.1 Å². The maximum absolute atomic E-state index is 13.0. The number of carbonyl (C=O) groups is 1. The molecule has 2 N–H and O–H groups in total. The molecule has 5 rings (SSSR count). The zero-order chi connectivity index (χ0) is 13.5. The zero-order valence-corrected chi connectivity index (χ0v) is 12.2. The van der Waals surface area contributed by atoms with Crippen molar-refractivity contribution in [1.29, 1.82) is 0 Å². The van der Waals surface area contributed by atoms with Crippen LogP contribution in [0.2, 0.25) is 0 Å². The van der Waals surface area contributed by atoms with Crippen molar-refractivity contribution in [3.8, 4) is 0 Å². The molecule has 4 bridgehead atoms. The van der Waals surface area contributed by atoms with Gasteiger partial charge in [-0.3, -0.25) is 4.79 Å². The summed E-state index contributed by atoms with van der Waals surface area (Å²) < 4.78 is 0. The van der Waals surface area contributed by atoms with Crippen LogP contribution in [0.3, 0.4) is 0 Å². The minimum Gasteiger partial charge on any atom is -0.339 e. The van der Waals surface area contributed by atoms with E-state index in [1.165, 1.54) is 19.3 Å². The second kappa shape index (κ2) is 3.36. The lowest BCUT2D eigenvalue weighted by molar-refractivity contribution is -0.183. The van der Waals surface area contributed by atoms with Gasteiger partial charge in [0.1, 0.15) is 0 Å².